The molecule has 5 nitrogen and oxygen atoms in total. The summed E-state index contributed by atoms with van der Waals surface area (Å²) in [5.74, 6) is -1.35. The van der Waals surface area contributed by atoms with Crippen LogP contribution in [0.1, 0.15) is 27.9 Å². The number of rotatable bonds is 5. The molecule has 1 fully saturated rings. The normalized spacial score (nSPS) is 18.8. The topological polar surface area (TPSA) is 67.3 Å². The van der Waals surface area contributed by atoms with Crippen molar-refractivity contribution in [2.24, 2.45) is 0 Å². The lowest BCUT2D eigenvalue weighted by Gasteiger charge is -2.32. The van der Waals surface area contributed by atoms with Crippen molar-refractivity contribution in [2.75, 3.05) is 13.1 Å². The van der Waals surface area contributed by atoms with E-state index in [9.17, 15) is 48.3 Å². The van der Waals surface area contributed by atoms with Crippen LogP contribution in [0.2, 0.25) is 0 Å². The van der Waals surface area contributed by atoms with Gasteiger partial charge in [0.2, 0.25) is 0 Å². The summed E-state index contributed by atoms with van der Waals surface area (Å²) in [6.45, 7) is -0.687. The Labute approximate surface area is 217 Å². The van der Waals surface area contributed by atoms with Gasteiger partial charge in [-0.25, -0.2) is 17.2 Å². The number of hydrogen-bond acceptors (Lipinski definition) is 4. The molecule has 14 heteroatoms. The smallest absolute Gasteiger partial charge is 0.337 e. The molecule has 1 aliphatic rings. The van der Waals surface area contributed by atoms with Crippen LogP contribution in [0.5, 0.6) is 0 Å². The van der Waals surface area contributed by atoms with Gasteiger partial charge in [-0.2, -0.15) is 26.3 Å². The summed E-state index contributed by atoms with van der Waals surface area (Å²) < 4.78 is 133. The molecule has 2 aromatic carbocycles. The summed E-state index contributed by atoms with van der Waals surface area (Å²) in [4.78, 5) is 17.6. The molecule has 4 rings (SSSR count). The molecule has 1 unspecified atom stereocenters. The molecule has 1 saturated heterocycles. The highest BCUT2D eigenvalue weighted by Gasteiger charge is 2.73. The maximum absolute atomic E-state index is 14.6. The number of pyridine rings is 1. The van der Waals surface area contributed by atoms with Crippen LogP contribution in [0.3, 0.4) is 0 Å². The van der Waals surface area contributed by atoms with Gasteiger partial charge in [0.15, 0.2) is 9.84 Å². The Kier molecular flexibility index (Phi) is 6.99. The summed E-state index contributed by atoms with van der Waals surface area (Å²) in [6, 6.07) is 8.18. The molecule has 0 bridgehead atoms. The fourth-order valence-electron chi connectivity index (χ4n) is 4.57. The highest BCUT2D eigenvalue weighted by atomic mass is 32.2. The van der Waals surface area contributed by atoms with Gasteiger partial charge in [-0.15, -0.1) is 0 Å². The number of carbonyl (C=O) groups is 1. The lowest BCUT2D eigenvalue weighted by molar-refractivity contribution is -0.348. The molecule has 2 heterocycles. The van der Waals surface area contributed by atoms with E-state index in [0.717, 1.165) is 29.2 Å². The molecule has 39 heavy (non-hydrogen) atoms. The quantitative estimate of drug-likeness (QED) is 0.287. The van der Waals surface area contributed by atoms with E-state index in [4.69, 9.17) is 0 Å². The molecule has 0 N–H and O–H groups in total. The number of halogens is 8. The molecule has 3 aromatic rings. The molecule has 1 aromatic heterocycles. The first kappa shape index (κ1) is 28.5. The number of likely N-dealkylation sites (tertiary alicyclic amines) is 1. The monoisotopic (exact) mass is 578 g/mol. The third-order valence-corrected chi connectivity index (χ3v) is 9.17. The maximum atomic E-state index is 14.6. The predicted octanol–water partition coefficient (Wildman–Crippen LogP) is 5.73. The number of carbonyl (C=O) groups excluding carboxylic acids is 1. The summed E-state index contributed by atoms with van der Waals surface area (Å²) in [6.07, 6.45) is -10.4. The summed E-state index contributed by atoms with van der Waals surface area (Å²) >= 11 is 0. The van der Waals surface area contributed by atoms with Gasteiger partial charge in [-0.05, 0) is 48.4 Å². The Morgan fingerprint density at radius 1 is 0.821 bits per heavy atom. The minimum absolute atomic E-state index is 0.151. The van der Waals surface area contributed by atoms with Crippen LogP contribution in [0.25, 0.3) is 0 Å². The lowest BCUT2D eigenvalue weighted by atomic mass is 9.90. The first-order chi connectivity index (χ1) is 18.0. The van der Waals surface area contributed by atoms with Gasteiger partial charge < -0.3 is 4.90 Å². The highest BCUT2D eigenvalue weighted by molar-refractivity contribution is 7.92. The second kappa shape index (κ2) is 9.57. The minimum atomic E-state index is -6.36. The zero-order valence-corrected chi connectivity index (χ0v) is 20.4. The number of sulfone groups is 1. The summed E-state index contributed by atoms with van der Waals surface area (Å²) in [5, 5.41) is 0. The van der Waals surface area contributed by atoms with Crippen molar-refractivity contribution in [2.45, 2.75) is 34.1 Å². The average Bonchev–Trinajstić information content (AvgIpc) is 3.35. The second-order valence-electron chi connectivity index (χ2n) is 8.90. The Balaban J connectivity index is 1.84. The Bertz CT molecular complexity index is 1440. The molecule has 0 spiro atoms. The van der Waals surface area contributed by atoms with E-state index < -0.39 is 61.3 Å². The van der Waals surface area contributed by atoms with Gasteiger partial charge in [0.1, 0.15) is 10.6 Å². The van der Waals surface area contributed by atoms with Crippen LogP contribution in [-0.4, -0.2) is 49.7 Å². The van der Waals surface area contributed by atoms with Crippen molar-refractivity contribution in [3.05, 3.63) is 95.6 Å². The third-order valence-electron chi connectivity index (χ3n) is 6.67. The minimum Gasteiger partial charge on any atom is -0.337 e. The Morgan fingerprint density at radius 3 is 1.87 bits per heavy atom. The number of aromatic nitrogens is 1. The van der Waals surface area contributed by atoms with Gasteiger partial charge in [-0.3, -0.25) is 9.78 Å². The van der Waals surface area contributed by atoms with Crippen LogP contribution >= 0.6 is 0 Å². The number of benzene rings is 2. The first-order valence-electron chi connectivity index (χ1n) is 11.2. The third kappa shape index (κ3) is 4.64. The van der Waals surface area contributed by atoms with E-state index in [2.05, 4.69) is 4.98 Å². The number of amides is 1. The number of hydrogen-bond donors (Lipinski definition) is 0. The van der Waals surface area contributed by atoms with E-state index in [1.54, 1.807) is 0 Å². The van der Waals surface area contributed by atoms with Crippen LogP contribution in [0, 0.1) is 5.82 Å². The van der Waals surface area contributed by atoms with Crippen molar-refractivity contribution < 1.29 is 48.3 Å². The molecular formula is C25H18F8N2O3S. The van der Waals surface area contributed by atoms with Crippen molar-refractivity contribution in [1.82, 2.24) is 9.88 Å². The molecule has 1 amide bonds. The molecule has 208 valence electrons. The van der Waals surface area contributed by atoms with Crippen molar-refractivity contribution >= 4 is 15.7 Å². The fraction of sp³-hybridized carbons (Fsp3) is 0.280. The maximum Gasteiger partial charge on any atom is 0.435 e. The SMILES string of the molecule is O=C(c1ccncc1)N1CCC(c2ccc(C(F)(C(F)(F)F)C(F)(F)F)cc2)(S(=O)(=O)c2ccc(F)cc2)C1. The van der Waals surface area contributed by atoms with E-state index in [1.165, 1.54) is 24.5 Å². The Hall–Kier alpha value is -3.55. The molecule has 1 atom stereocenters. The van der Waals surface area contributed by atoms with Gasteiger partial charge >= 0.3 is 18.0 Å². The lowest BCUT2D eigenvalue weighted by Crippen LogP contribution is -2.50. The van der Waals surface area contributed by atoms with Crippen LogP contribution in [0.4, 0.5) is 35.1 Å². The molecule has 0 radical (unpaired) electrons. The van der Waals surface area contributed by atoms with Gasteiger partial charge in [0, 0.05) is 36.6 Å². The Morgan fingerprint density at radius 2 is 1.36 bits per heavy atom. The molecular weight excluding hydrogens is 560 g/mol. The van der Waals surface area contributed by atoms with E-state index in [1.807, 2.05) is 0 Å². The molecule has 1 aliphatic heterocycles. The molecule has 0 aliphatic carbocycles. The van der Waals surface area contributed by atoms with Crippen LogP contribution in [0.15, 0.2) is 78.0 Å². The fourth-order valence-corrected chi connectivity index (χ4v) is 6.65. The second-order valence-corrected chi connectivity index (χ2v) is 11.2. The van der Waals surface area contributed by atoms with Crippen molar-refractivity contribution in [3.8, 4) is 0 Å². The summed E-state index contributed by atoms with van der Waals surface area (Å²) in [7, 11) is -4.53. The van der Waals surface area contributed by atoms with Crippen molar-refractivity contribution in [1.29, 1.82) is 0 Å². The predicted molar refractivity (Wildman–Crippen MR) is 121 cm³/mol. The number of nitrogens with zero attached hydrogens (tertiary/aromatic N) is 2. The largest absolute Gasteiger partial charge is 0.435 e. The zero-order valence-electron chi connectivity index (χ0n) is 19.6. The zero-order chi connectivity index (χ0) is 28.9. The first-order valence-corrected chi connectivity index (χ1v) is 12.7. The van der Waals surface area contributed by atoms with Gasteiger partial charge in [0.05, 0.1) is 4.90 Å². The van der Waals surface area contributed by atoms with Crippen LogP contribution < -0.4 is 0 Å². The van der Waals surface area contributed by atoms with Crippen LogP contribution in [-0.2, 0) is 20.3 Å². The van der Waals surface area contributed by atoms with Gasteiger partial charge in [-0.1, -0.05) is 24.3 Å². The van der Waals surface area contributed by atoms with Crippen molar-refractivity contribution in [3.63, 3.8) is 0 Å². The highest BCUT2D eigenvalue weighted by Crippen LogP contribution is 2.53. The van der Waals surface area contributed by atoms with E-state index in [-0.39, 0.29) is 36.2 Å². The molecule has 0 saturated carbocycles. The number of alkyl halides is 7. The average molecular weight is 578 g/mol. The van der Waals surface area contributed by atoms with Gasteiger partial charge in [0.25, 0.3) is 5.91 Å². The standard InChI is InChI=1S/C25H18F8N2O3S/c26-19-5-7-20(8-6-19)39(37,38)22(11-14-35(15-22)21(36)16-9-12-34-13-10-16)17-1-3-18(4-2-17)23(27,24(28,29)30)25(31,32)33/h1-10,12-13H,11,14-15H2. The summed E-state index contributed by atoms with van der Waals surface area (Å²) in [5.41, 5.74) is -7.61. The van der Waals surface area contributed by atoms with E-state index in [0.29, 0.717) is 12.1 Å². The van der Waals surface area contributed by atoms with E-state index >= 15 is 0 Å².